The van der Waals surface area contributed by atoms with Crippen LogP contribution in [0.1, 0.15) is 113 Å². The molecule has 2 aromatic rings. The van der Waals surface area contributed by atoms with E-state index >= 15 is 0 Å². The number of allylic oxidation sites excluding steroid dienone is 1. The Morgan fingerprint density at radius 1 is 0.578 bits per heavy atom. The van der Waals surface area contributed by atoms with Crippen molar-refractivity contribution in [3.63, 3.8) is 0 Å². The summed E-state index contributed by atoms with van der Waals surface area (Å²) in [5.74, 6) is 2.80. The summed E-state index contributed by atoms with van der Waals surface area (Å²) < 4.78 is 22.7. The molecule has 0 spiro atoms. The number of halogens is 2. The maximum atomic E-state index is 6.38. The zero-order valence-corrected chi connectivity index (χ0v) is 31.6. The first-order valence-corrected chi connectivity index (χ1v) is 23.7. The Balaban J connectivity index is 0.000000186. The number of hydrogen-bond acceptors (Lipinski definition) is 4. The van der Waals surface area contributed by atoms with Gasteiger partial charge in [0.1, 0.15) is 0 Å². The van der Waals surface area contributed by atoms with E-state index in [-0.39, 0.29) is 0 Å². The molecule has 0 aromatic heterocycles. The van der Waals surface area contributed by atoms with Crippen LogP contribution in [0.15, 0.2) is 36.4 Å². The number of methoxy groups -OCH3 is 4. The van der Waals surface area contributed by atoms with Crippen LogP contribution in [0.3, 0.4) is 0 Å². The van der Waals surface area contributed by atoms with Crippen LogP contribution in [-0.4, -0.2) is 49.5 Å². The normalized spacial score (nSPS) is 19.8. The Morgan fingerprint density at radius 2 is 1.02 bits per heavy atom. The minimum absolute atomic E-state index is 0.385. The monoisotopic (exact) mass is 762 g/mol. The van der Waals surface area contributed by atoms with E-state index < -0.39 is 13.5 Å². The molecule has 0 heterocycles. The van der Waals surface area contributed by atoms with Gasteiger partial charge in [-0.05, 0) is 55.5 Å². The fraction of sp³-hybridized carbons (Fsp3) is 0.595. The summed E-state index contributed by atoms with van der Waals surface area (Å²) in [6, 6.07) is 9.54. The summed E-state index contributed by atoms with van der Waals surface area (Å²) >= 11 is -2.17. The first-order valence-electron chi connectivity index (χ1n) is 16.8. The number of fused-ring (bicyclic) bond motifs is 1. The molecule has 4 nitrogen and oxygen atoms in total. The maximum absolute atomic E-state index is 6.38. The molecule has 2 aromatic carbocycles. The van der Waals surface area contributed by atoms with Gasteiger partial charge in [0.2, 0.25) is 0 Å². The van der Waals surface area contributed by atoms with Gasteiger partial charge in [0, 0.05) is 0 Å². The Labute approximate surface area is 285 Å². The average Bonchev–Trinajstić information content (AvgIpc) is 3.49. The summed E-state index contributed by atoms with van der Waals surface area (Å²) in [5, 5.41) is 0. The van der Waals surface area contributed by atoms with Crippen LogP contribution in [-0.2, 0) is 13.5 Å². The van der Waals surface area contributed by atoms with E-state index in [4.69, 9.17) is 38.3 Å². The van der Waals surface area contributed by atoms with Gasteiger partial charge in [0.05, 0.1) is 0 Å². The van der Waals surface area contributed by atoms with Gasteiger partial charge in [-0.15, -0.1) is 0 Å². The van der Waals surface area contributed by atoms with Crippen LogP contribution in [0.4, 0.5) is 0 Å². The molecule has 0 saturated heterocycles. The molecule has 45 heavy (non-hydrogen) atoms. The van der Waals surface area contributed by atoms with Crippen molar-refractivity contribution in [2.45, 2.75) is 113 Å². The number of benzene rings is 2. The van der Waals surface area contributed by atoms with E-state index in [2.05, 4.69) is 0 Å². The molecule has 0 radical (unpaired) electrons. The Kier molecular flexibility index (Phi) is 13.6. The molecule has 8 heteroatoms. The fourth-order valence-corrected chi connectivity index (χ4v) is 15.1. The Hall–Kier alpha value is -1.12. The predicted molar refractivity (Wildman–Crippen MR) is 190 cm³/mol. The third kappa shape index (κ3) is 8.68. The molecular weight excluding hydrogens is 711 g/mol. The molecule has 0 bridgehead atoms. The van der Waals surface area contributed by atoms with E-state index in [9.17, 15) is 0 Å². The van der Waals surface area contributed by atoms with E-state index in [1.54, 1.807) is 105 Å². The van der Waals surface area contributed by atoms with Crippen molar-refractivity contribution in [2.75, 3.05) is 28.4 Å². The third-order valence-corrected chi connectivity index (χ3v) is 17.3. The topological polar surface area (TPSA) is 36.9 Å². The van der Waals surface area contributed by atoms with Crippen molar-refractivity contribution in [3.8, 4) is 23.0 Å². The number of ether oxygens (including phenoxy) is 4. The molecule has 6 rings (SSSR count). The SMILES string of the molecule is C1CCC(P(C2CCCCC2)C2CCCCC2)CC1.COc1cc(OC)cc(C2=C[C](=[Ru]([Cl])[Cl])c3c(OC)cc(OC)cc32)c1. The van der Waals surface area contributed by atoms with Crippen molar-refractivity contribution >= 4 is 37.0 Å². The Bertz CT molecular complexity index is 1280. The van der Waals surface area contributed by atoms with Crippen LogP contribution in [0, 0.1) is 0 Å². The van der Waals surface area contributed by atoms with Crippen molar-refractivity contribution in [1.82, 2.24) is 0 Å². The standard InChI is InChI=1S/C19H18O4.C18H33P.2ClH.Ru/c1-20-13-7-12(8-14(9-13)21-2)16-5-6-17-18(16)10-15(22-3)11-19(17)23-4;1-4-10-16(11-5-1)19(17-12-6-2-7-13-17)18-14-8-3-9-15-18;;;/h5,7-11H,1-4H3;16-18H,1-15H2;2*1H;/q;;;;+2/p-2. The van der Waals surface area contributed by atoms with Gasteiger partial charge < -0.3 is 0 Å². The molecule has 0 amide bonds. The molecule has 0 aliphatic heterocycles. The summed E-state index contributed by atoms with van der Waals surface area (Å²) in [7, 11) is 19.6. The first kappa shape index (κ1) is 35.2. The van der Waals surface area contributed by atoms with Gasteiger partial charge in [-0.3, -0.25) is 0 Å². The van der Waals surface area contributed by atoms with Crippen LogP contribution in [0.25, 0.3) is 5.57 Å². The van der Waals surface area contributed by atoms with Crippen molar-refractivity contribution in [3.05, 3.63) is 53.1 Å². The third-order valence-electron chi connectivity index (χ3n) is 10.1. The second-order valence-corrected chi connectivity index (χ2v) is 21.7. The van der Waals surface area contributed by atoms with Crippen molar-refractivity contribution in [1.29, 1.82) is 0 Å². The van der Waals surface area contributed by atoms with E-state index in [0.29, 0.717) is 30.9 Å². The van der Waals surface area contributed by atoms with Gasteiger partial charge in [-0.2, -0.15) is 0 Å². The molecule has 0 unspecified atom stereocenters. The average molecular weight is 763 g/mol. The van der Waals surface area contributed by atoms with E-state index in [0.717, 1.165) is 26.4 Å². The fourth-order valence-electron chi connectivity index (χ4n) is 7.93. The van der Waals surface area contributed by atoms with E-state index in [1.165, 1.54) is 36.2 Å². The summed E-state index contributed by atoms with van der Waals surface area (Å²) in [4.78, 5) is 0. The van der Waals surface area contributed by atoms with Crippen LogP contribution < -0.4 is 18.9 Å². The second-order valence-electron chi connectivity index (χ2n) is 12.8. The summed E-state index contributed by atoms with van der Waals surface area (Å²) in [6.45, 7) is 0. The zero-order valence-electron chi connectivity index (χ0n) is 27.5. The number of hydrogen-bond donors (Lipinski definition) is 0. The van der Waals surface area contributed by atoms with Gasteiger partial charge in [-0.25, -0.2) is 0 Å². The molecule has 250 valence electrons. The molecular formula is C37H51Cl2O4PRu. The minimum atomic E-state index is -2.17. The van der Waals surface area contributed by atoms with Gasteiger partial charge in [0.15, 0.2) is 0 Å². The molecule has 0 N–H and O–H groups in total. The van der Waals surface area contributed by atoms with Crippen molar-refractivity contribution in [2.24, 2.45) is 0 Å². The molecule has 4 aliphatic rings. The summed E-state index contributed by atoms with van der Waals surface area (Å²) in [5.41, 5.74) is 7.38. The van der Waals surface area contributed by atoms with Gasteiger partial charge in [-0.1, -0.05) is 65.7 Å². The number of rotatable bonds is 8. The van der Waals surface area contributed by atoms with Crippen LogP contribution in [0.5, 0.6) is 23.0 Å². The zero-order chi connectivity index (χ0) is 31.8. The molecule has 4 aliphatic carbocycles. The second kappa shape index (κ2) is 17.3. The quantitative estimate of drug-likeness (QED) is 0.198. The first-order chi connectivity index (χ1) is 22.0. The molecule has 0 atom stereocenters. The van der Waals surface area contributed by atoms with Crippen LogP contribution >= 0.6 is 27.3 Å². The van der Waals surface area contributed by atoms with Gasteiger partial charge >= 0.3 is 166 Å². The van der Waals surface area contributed by atoms with E-state index in [1.807, 2.05) is 36.4 Å². The predicted octanol–water partition coefficient (Wildman–Crippen LogP) is 11.1. The molecule has 3 saturated carbocycles. The Morgan fingerprint density at radius 3 is 1.42 bits per heavy atom. The van der Waals surface area contributed by atoms with Crippen molar-refractivity contribution < 1.29 is 32.5 Å². The molecule has 3 fully saturated rings. The van der Waals surface area contributed by atoms with Crippen LogP contribution in [0.2, 0.25) is 0 Å². The summed E-state index contributed by atoms with van der Waals surface area (Å²) in [6.07, 6.45) is 25.6. The van der Waals surface area contributed by atoms with Gasteiger partial charge in [0.25, 0.3) is 0 Å².